The van der Waals surface area contributed by atoms with E-state index in [1.165, 1.54) is 13.4 Å². The van der Waals surface area contributed by atoms with Gasteiger partial charge in [-0.25, -0.2) is 14.8 Å². The van der Waals surface area contributed by atoms with Gasteiger partial charge < -0.3 is 19.1 Å². The summed E-state index contributed by atoms with van der Waals surface area (Å²) in [7, 11) is 3.41. The van der Waals surface area contributed by atoms with E-state index < -0.39 is 6.09 Å². The predicted octanol–water partition coefficient (Wildman–Crippen LogP) is 4.31. The number of amides is 1. The summed E-state index contributed by atoms with van der Waals surface area (Å²) in [5.74, 6) is 0.719. The van der Waals surface area contributed by atoms with Crippen molar-refractivity contribution < 1.29 is 19.0 Å². The van der Waals surface area contributed by atoms with Gasteiger partial charge in [-0.2, -0.15) is 5.10 Å². The second-order valence-electron chi connectivity index (χ2n) is 8.69. The van der Waals surface area contributed by atoms with Crippen LogP contribution in [0.5, 0.6) is 11.5 Å². The molecule has 1 aliphatic heterocycles. The lowest BCUT2D eigenvalue weighted by atomic mass is 10.0. The first kappa shape index (κ1) is 22.8. The van der Waals surface area contributed by atoms with Gasteiger partial charge in [-0.3, -0.25) is 4.68 Å². The van der Waals surface area contributed by atoms with Gasteiger partial charge in [0.15, 0.2) is 11.5 Å². The maximum absolute atomic E-state index is 13.1. The normalized spacial score (nSPS) is 18.0. The minimum Gasteiger partial charge on any atom is -0.493 e. The van der Waals surface area contributed by atoms with E-state index in [1.54, 1.807) is 21.7 Å². The molecule has 0 bridgehead atoms. The molecule has 1 aliphatic rings. The van der Waals surface area contributed by atoms with Crippen LogP contribution >= 0.6 is 0 Å². The average molecular weight is 474 g/mol. The monoisotopic (exact) mass is 473 g/mol. The predicted molar refractivity (Wildman–Crippen MR) is 131 cm³/mol. The van der Waals surface area contributed by atoms with E-state index in [1.807, 2.05) is 57.4 Å². The number of aryl methyl sites for hydroxylation is 1. The van der Waals surface area contributed by atoms with Gasteiger partial charge in [0.1, 0.15) is 12.0 Å². The van der Waals surface area contributed by atoms with Crippen LogP contribution in [0.4, 0.5) is 4.79 Å². The number of carbonyl (C=O) groups is 1. The van der Waals surface area contributed by atoms with Crippen LogP contribution in [-0.2, 0) is 11.8 Å². The molecule has 1 saturated heterocycles. The lowest BCUT2D eigenvalue weighted by molar-refractivity contribution is -0.0387. The number of ether oxygens (including phenoxy) is 3. The Balaban J connectivity index is 1.59. The van der Waals surface area contributed by atoms with Crippen molar-refractivity contribution in [2.75, 3.05) is 20.3 Å². The number of nitrogens with zero attached hydrogens (tertiary/aromatic N) is 5. The van der Waals surface area contributed by atoms with Crippen LogP contribution in [0.3, 0.4) is 0 Å². The van der Waals surface area contributed by atoms with Gasteiger partial charge in [0.25, 0.3) is 0 Å². The molecular formula is C26H27N5O4. The molecule has 1 fully saturated rings. The van der Waals surface area contributed by atoms with Crippen LogP contribution in [0.1, 0.15) is 13.8 Å². The quantitative estimate of drug-likeness (QED) is 0.436. The fraction of sp³-hybridized carbons (Fsp3) is 0.308. The molecule has 0 saturated carbocycles. The summed E-state index contributed by atoms with van der Waals surface area (Å²) in [6.45, 7) is 4.79. The lowest BCUT2D eigenvalue weighted by Gasteiger charge is -2.35. The van der Waals surface area contributed by atoms with Gasteiger partial charge >= 0.3 is 6.09 Å². The Morgan fingerprint density at radius 3 is 2.66 bits per heavy atom. The van der Waals surface area contributed by atoms with Crippen molar-refractivity contribution in [3.05, 3.63) is 55.0 Å². The number of fused-ring (bicyclic) bond motifs is 1. The maximum Gasteiger partial charge on any atom is 0.415 e. The zero-order valence-electron chi connectivity index (χ0n) is 20.1. The van der Waals surface area contributed by atoms with Gasteiger partial charge in [0.2, 0.25) is 0 Å². The molecule has 3 heterocycles. The van der Waals surface area contributed by atoms with E-state index in [2.05, 4.69) is 15.1 Å². The Bertz CT molecular complexity index is 1370. The molecule has 9 nitrogen and oxygen atoms in total. The van der Waals surface area contributed by atoms with Crippen molar-refractivity contribution in [3.63, 3.8) is 0 Å². The van der Waals surface area contributed by atoms with E-state index >= 15 is 0 Å². The van der Waals surface area contributed by atoms with Crippen molar-refractivity contribution in [2.24, 2.45) is 7.05 Å². The van der Waals surface area contributed by atoms with Crippen LogP contribution < -0.4 is 9.47 Å². The molecule has 2 aromatic heterocycles. The number of benzene rings is 2. The summed E-state index contributed by atoms with van der Waals surface area (Å²) in [6.07, 6.45) is 2.94. The molecule has 2 unspecified atom stereocenters. The number of morpholine rings is 1. The summed E-state index contributed by atoms with van der Waals surface area (Å²) in [5, 5.41) is 5.40. The number of hydrogen-bond acceptors (Lipinski definition) is 7. The van der Waals surface area contributed by atoms with Crippen molar-refractivity contribution in [1.82, 2.24) is 24.6 Å². The average Bonchev–Trinajstić information content (AvgIpc) is 3.26. The van der Waals surface area contributed by atoms with E-state index in [0.29, 0.717) is 35.9 Å². The molecule has 1 amide bonds. The van der Waals surface area contributed by atoms with Crippen LogP contribution in [0.2, 0.25) is 0 Å². The van der Waals surface area contributed by atoms with E-state index in [0.717, 1.165) is 22.2 Å². The van der Waals surface area contributed by atoms with Crippen LogP contribution in [0.15, 0.2) is 55.0 Å². The molecule has 5 rings (SSSR count). The van der Waals surface area contributed by atoms with Gasteiger partial charge in [0, 0.05) is 35.8 Å². The van der Waals surface area contributed by atoms with Crippen molar-refractivity contribution in [3.8, 4) is 34.0 Å². The molecule has 2 aromatic carbocycles. The van der Waals surface area contributed by atoms with E-state index in [9.17, 15) is 4.79 Å². The van der Waals surface area contributed by atoms with E-state index in [-0.39, 0.29) is 12.1 Å². The molecule has 0 spiro atoms. The molecule has 9 heteroatoms. The van der Waals surface area contributed by atoms with Crippen LogP contribution in [-0.4, -0.2) is 63.1 Å². The topological polar surface area (TPSA) is 91.6 Å². The molecule has 0 aliphatic carbocycles. The third-order valence-corrected chi connectivity index (χ3v) is 6.09. The van der Waals surface area contributed by atoms with E-state index in [4.69, 9.17) is 14.2 Å². The third kappa shape index (κ3) is 4.42. The highest BCUT2D eigenvalue weighted by molar-refractivity contribution is 5.97. The summed E-state index contributed by atoms with van der Waals surface area (Å²) in [6, 6.07) is 13.4. The third-order valence-electron chi connectivity index (χ3n) is 6.09. The highest BCUT2D eigenvalue weighted by atomic mass is 16.6. The zero-order valence-corrected chi connectivity index (χ0v) is 20.1. The Kier molecular flexibility index (Phi) is 6.08. The first-order valence-electron chi connectivity index (χ1n) is 11.5. The SMILES string of the molecule is COc1cc2ncnc(-c3cn(C)nc3-c3ccccc3)c2cc1OC(=O)N1CC(C)OCC1C. The number of methoxy groups -OCH3 is 1. The molecule has 180 valence electrons. The van der Waals surface area contributed by atoms with Gasteiger partial charge in [0.05, 0.1) is 43.6 Å². The first-order chi connectivity index (χ1) is 16.9. The molecule has 2 atom stereocenters. The maximum atomic E-state index is 13.1. The lowest BCUT2D eigenvalue weighted by Crippen LogP contribution is -2.51. The van der Waals surface area contributed by atoms with Crippen molar-refractivity contribution >= 4 is 17.0 Å². The van der Waals surface area contributed by atoms with Gasteiger partial charge in [-0.05, 0) is 19.9 Å². The van der Waals surface area contributed by atoms with Crippen molar-refractivity contribution in [1.29, 1.82) is 0 Å². The largest absolute Gasteiger partial charge is 0.493 e. The summed E-state index contributed by atoms with van der Waals surface area (Å²) in [5.41, 5.74) is 3.99. The fourth-order valence-corrected chi connectivity index (χ4v) is 4.30. The Hall–Kier alpha value is -3.98. The highest BCUT2D eigenvalue weighted by Crippen LogP contribution is 2.38. The number of aromatic nitrogens is 4. The number of carbonyl (C=O) groups excluding carboxylic acids is 1. The Labute approximate surface area is 203 Å². The molecular weight excluding hydrogens is 446 g/mol. The Morgan fingerprint density at radius 1 is 1.09 bits per heavy atom. The number of hydrogen-bond donors (Lipinski definition) is 0. The minimum absolute atomic E-state index is 0.0563. The molecule has 0 radical (unpaired) electrons. The number of rotatable bonds is 4. The summed E-state index contributed by atoms with van der Waals surface area (Å²) < 4.78 is 18.8. The smallest absolute Gasteiger partial charge is 0.415 e. The van der Waals surface area contributed by atoms with Gasteiger partial charge in [-0.1, -0.05) is 30.3 Å². The van der Waals surface area contributed by atoms with Crippen LogP contribution in [0, 0.1) is 0 Å². The highest BCUT2D eigenvalue weighted by Gasteiger charge is 2.30. The standard InChI is InChI=1S/C26H27N5O4/c1-16-14-34-17(2)12-31(16)26(32)35-23-10-19-21(11-22(23)33-4)27-15-28-25(19)20-13-30(3)29-24(20)18-8-6-5-7-9-18/h5-11,13,15-17H,12,14H2,1-4H3. The second-order valence-corrected chi connectivity index (χ2v) is 8.69. The molecule has 4 aromatic rings. The summed E-state index contributed by atoms with van der Waals surface area (Å²) in [4.78, 5) is 23.8. The Morgan fingerprint density at radius 2 is 1.89 bits per heavy atom. The van der Waals surface area contributed by atoms with Crippen LogP contribution in [0.25, 0.3) is 33.4 Å². The molecule has 0 N–H and O–H groups in total. The van der Waals surface area contributed by atoms with Crippen molar-refractivity contribution in [2.45, 2.75) is 26.0 Å². The minimum atomic E-state index is -0.449. The van der Waals surface area contributed by atoms with Gasteiger partial charge in [-0.15, -0.1) is 0 Å². The fourth-order valence-electron chi connectivity index (χ4n) is 4.30. The first-order valence-corrected chi connectivity index (χ1v) is 11.5. The zero-order chi connectivity index (χ0) is 24.5. The molecule has 35 heavy (non-hydrogen) atoms. The summed E-state index contributed by atoms with van der Waals surface area (Å²) >= 11 is 0. The second kappa shape index (κ2) is 9.34.